The van der Waals surface area contributed by atoms with Gasteiger partial charge in [-0.1, -0.05) is 18.2 Å². The fraction of sp³-hybridized carbons (Fsp3) is 0.500. The SMILES string of the molecule is Cc1cccc2c(CN3CCNCC3)c(C)n(C)c12. The highest BCUT2D eigenvalue weighted by atomic mass is 15.2. The van der Waals surface area contributed by atoms with E-state index in [0.717, 1.165) is 32.7 Å². The Kier molecular flexibility index (Phi) is 3.33. The first-order valence-electron chi connectivity index (χ1n) is 7.15. The van der Waals surface area contributed by atoms with Crippen molar-refractivity contribution in [1.82, 2.24) is 14.8 Å². The minimum atomic E-state index is 1.08. The van der Waals surface area contributed by atoms with Crippen LogP contribution in [0.2, 0.25) is 0 Å². The molecule has 0 spiro atoms. The van der Waals surface area contributed by atoms with E-state index in [1.54, 1.807) is 0 Å². The summed E-state index contributed by atoms with van der Waals surface area (Å²) in [5, 5.41) is 4.85. The van der Waals surface area contributed by atoms with E-state index in [4.69, 9.17) is 0 Å². The second-order valence-corrected chi connectivity index (χ2v) is 5.62. The molecule has 1 aliphatic rings. The number of fused-ring (bicyclic) bond motifs is 1. The lowest BCUT2D eigenvalue weighted by atomic mass is 10.1. The van der Waals surface area contributed by atoms with Gasteiger partial charge in [-0.15, -0.1) is 0 Å². The number of rotatable bonds is 2. The third kappa shape index (κ3) is 2.17. The van der Waals surface area contributed by atoms with Crippen LogP contribution in [0.25, 0.3) is 10.9 Å². The summed E-state index contributed by atoms with van der Waals surface area (Å²) in [5.74, 6) is 0. The number of nitrogens with one attached hydrogen (secondary N) is 1. The molecule has 1 aromatic carbocycles. The molecule has 1 aromatic heterocycles. The maximum absolute atomic E-state index is 3.42. The molecule has 0 atom stereocenters. The van der Waals surface area contributed by atoms with Crippen molar-refractivity contribution in [3.05, 3.63) is 35.0 Å². The molecule has 0 bridgehead atoms. The number of aryl methyl sites for hydroxylation is 2. The highest BCUT2D eigenvalue weighted by molar-refractivity contribution is 5.88. The Morgan fingerprint density at radius 1 is 1.16 bits per heavy atom. The maximum atomic E-state index is 3.42. The van der Waals surface area contributed by atoms with Gasteiger partial charge in [-0.3, -0.25) is 4.90 Å². The predicted octanol–water partition coefficient (Wildman–Crippen LogP) is 2.20. The normalized spacial score (nSPS) is 17.2. The molecule has 0 amide bonds. The van der Waals surface area contributed by atoms with Crippen molar-refractivity contribution in [2.24, 2.45) is 7.05 Å². The maximum Gasteiger partial charge on any atom is 0.0512 e. The summed E-state index contributed by atoms with van der Waals surface area (Å²) >= 11 is 0. The summed E-state index contributed by atoms with van der Waals surface area (Å²) in [6.07, 6.45) is 0. The minimum Gasteiger partial charge on any atom is -0.347 e. The summed E-state index contributed by atoms with van der Waals surface area (Å²) in [6, 6.07) is 6.65. The van der Waals surface area contributed by atoms with Gasteiger partial charge in [-0.2, -0.15) is 0 Å². The van der Waals surface area contributed by atoms with Gasteiger partial charge >= 0.3 is 0 Å². The molecule has 0 aliphatic carbocycles. The van der Waals surface area contributed by atoms with Gasteiger partial charge in [0.05, 0.1) is 5.52 Å². The van der Waals surface area contributed by atoms with E-state index in [2.05, 4.69) is 53.9 Å². The van der Waals surface area contributed by atoms with Crippen molar-refractivity contribution in [2.45, 2.75) is 20.4 Å². The molecule has 2 heterocycles. The van der Waals surface area contributed by atoms with Crippen LogP contribution < -0.4 is 5.32 Å². The van der Waals surface area contributed by atoms with Crippen LogP contribution in [0.5, 0.6) is 0 Å². The molecular weight excluding hydrogens is 234 g/mol. The fourth-order valence-corrected chi connectivity index (χ4v) is 3.21. The number of hydrogen-bond acceptors (Lipinski definition) is 2. The number of aromatic nitrogens is 1. The molecule has 3 nitrogen and oxygen atoms in total. The van der Waals surface area contributed by atoms with Gasteiger partial charge in [0.25, 0.3) is 0 Å². The van der Waals surface area contributed by atoms with E-state index >= 15 is 0 Å². The first kappa shape index (κ1) is 12.7. The van der Waals surface area contributed by atoms with Gasteiger partial charge < -0.3 is 9.88 Å². The highest BCUT2D eigenvalue weighted by Crippen LogP contribution is 2.28. The van der Waals surface area contributed by atoms with Crippen LogP contribution in [-0.4, -0.2) is 35.6 Å². The van der Waals surface area contributed by atoms with E-state index < -0.39 is 0 Å². The van der Waals surface area contributed by atoms with Gasteiger partial charge in [0.15, 0.2) is 0 Å². The number of hydrogen-bond donors (Lipinski definition) is 1. The number of piperazine rings is 1. The van der Waals surface area contributed by atoms with Crippen LogP contribution in [0.4, 0.5) is 0 Å². The molecule has 1 saturated heterocycles. The van der Waals surface area contributed by atoms with Gasteiger partial charge in [0, 0.05) is 50.9 Å². The molecule has 2 aromatic rings. The summed E-state index contributed by atoms with van der Waals surface area (Å²) in [6.45, 7) is 10.1. The minimum absolute atomic E-state index is 1.08. The van der Waals surface area contributed by atoms with Crippen molar-refractivity contribution >= 4 is 10.9 Å². The molecule has 19 heavy (non-hydrogen) atoms. The molecule has 0 radical (unpaired) electrons. The first-order valence-corrected chi connectivity index (χ1v) is 7.15. The van der Waals surface area contributed by atoms with Crippen molar-refractivity contribution in [3.63, 3.8) is 0 Å². The molecule has 0 unspecified atom stereocenters. The zero-order valence-electron chi connectivity index (χ0n) is 12.2. The van der Waals surface area contributed by atoms with Gasteiger partial charge in [-0.25, -0.2) is 0 Å². The van der Waals surface area contributed by atoms with Gasteiger partial charge in [0.2, 0.25) is 0 Å². The highest BCUT2D eigenvalue weighted by Gasteiger charge is 2.17. The monoisotopic (exact) mass is 257 g/mol. The largest absolute Gasteiger partial charge is 0.347 e. The van der Waals surface area contributed by atoms with E-state index in [1.165, 1.54) is 27.7 Å². The molecular formula is C16H23N3. The topological polar surface area (TPSA) is 20.2 Å². The zero-order chi connectivity index (χ0) is 13.4. The van der Waals surface area contributed by atoms with Crippen molar-refractivity contribution in [1.29, 1.82) is 0 Å². The average molecular weight is 257 g/mol. The third-order valence-corrected chi connectivity index (χ3v) is 4.43. The lowest BCUT2D eigenvalue weighted by Crippen LogP contribution is -2.42. The average Bonchev–Trinajstić information content (AvgIpc) is 2.66. The molecule has 102 valence electrons. The van der Waals surface area contributed by atoms with Crippen molar-refractivity contribution in [2.75, 3.05) is 26.2 Å². The molecule has 1 aliphatic heterocycles. The number of nitrogens with zero attached hydrogens (tertiary/aromatic N) is 2. The van der Waals surface area contributed by atoms with Gasteiger partial charge in [-0.05, 0) is 25.0 Å². The number of benzene rings is 1. The smallest absolute Gasteiger partial charge is 0.0512 e. The quantitative estimate of drug-likeness (QED) is 0.890. The molecule has 1 N–H and O–H groups in total. The summed E-state index contributed by atoms with van der Waals surface area (Å²) in [5.41, 5.74) is 5.67. The second-order valence-electron chi connectivity index (χ2n) is 5.62. The lowest BCUT2D eigenvalue weighted by molar-refractivity contribution is 0.233. The lowest BCUT2D eigenvalue weighted by Gasteiger charge is -2.27. The number of para-hydroxylation sites is 1. The van der Waals surface area contributed by atoms with Crippen LogP contribution in [0.3, 0.4) is 0 Å². The van der Waals surface area contributed by atoms with Crippen LogP contribution in [0.1, 0.15) is 16.8 Å². The fourth-order valence-electron chi connectivity index (χ4n) is 3.21. The molecule has 1 fully saturated rings. The van der Waals surface area contributed by atoms with Crippen molar-refractivity contribution < 1.29 is 0 Å². The second kappa shape index (κ2) is 4.99. The summed E-state index contributed by atoms with van der Waals surface area (Å²) in [7, 11) is 2.19. The van der Waals surface area contributed by atoms with Crippen LogP contribution in [0.15, 0.2) is 18.2 Å². The Morgan fingerprint density at radius 2 is 1.89 bits per heavy atom. The van der Waals surface area contributed by atoms with E-state index in [0.29, 0.717) is 0 Å². The van der Waals surface area contributed by atoms with E-state index in [1.807, 2.05) is 0 Å². The molecule has 3 rings (SSSR count). The zero-order valence-corrected chi connectivity index (χ0v) is 12.2. The van der Waals surface area contributed by atoms with Crippen LogP contribution in [0, 0.1) is 13.8 Å². The Hall–Kier alpha value is -1.32. The third-order valence-electron chi connectivity index (χ3n) is 4.43. The Bertz CT molecular complexity index is 592. The molecule has 0 saturated carbocycles. The van der Waals surface area contributed by atoms with Crippen LogP contribution in [-0.2, 0) is 13.6 Å². The van der Waals surface area contributed by atoms with E-state index in [9.17, 15) is 0 Å². The van der Waals surface area contributed by atoms with E-state index in [-0.39, 0.29) is 0 Å². The summed E-state index contributed by atoms with van der Waals surface area (Å²) < 4.78 is 2.35. The Balaban J connectivity index is 2.03. The van der Waals surface area contributed by atoms with Crippen molar-refractivity contribution in [3.8, 4) is 0 Å². The predicted molar refractivity (Wildman–Crippen MR) is 80.5 cm³/mol. The van der Waals surface area contributed by atoms with Crippen LogP contribution >= 0.6 is 0 Å². The first-order chi connectivity index (χ1) is 9.18. The standard InChI is InChI=1S/C16H23N3/c1-12-5-4-6-14-15(13(2)18(3)16(12)14)11-19-9-7-17-8-10-19/h4-6,17H,7-11H2,1-3H3. The Morgan fingerprint density at radius 3 is 2.63 bits per heavy atom. The van der Waals surface area contributed by atoms with Gasteiger partial charge in [0.1, 0.15) is 0 Å². The Labute approximate surface area is 115 Å². The summed E-state index contributed by atoms with van der Waals surface area (Å²) in [4.78, 5) is 2.56. The molecule has 3 heteroatoms.